The predicted octanol–water partition coefficient (Wildman–Crippen LogP) is 3.25. The van der Waals surface area contributed by atoms with Gasteiger partial charge in [0.05, 0.1) is 11.6 Å². The van der Waals surface area contributed by atoms with Gasteiger partial charge in [0.2, 0.25) is 5.91 Å². The molecule has 0 aliphatic rings. The molecular formula is C19H20N2O3. The summed E-state index contributed by atoms with van der Waals surface area (Å²) in [5.41, 5.74) is 2.19. The molecule has 1 N–H and O–H groups in total. The largest absolute Gasteiger partial charge is 0.420 e. The molecule has 1 heterocycles. The average Bonchev–Trinajstić information content (AvgIpc) is 2.91. The maximum atomic E-state index is 12.5. The van der Waals surface area contributed by atoms with Gasteiger partial charge in [0, 0.05) is 0 Å². The van der Waals surface area contributed by atoms with Crippen molar-refractivity contribution in [3.63, 3.8) is 0 Å². The first-order valence-corrected chi connectivity index (χ1v) is 8.11. The summed E-state index contributed by atoms with van der Waals surface area (Å²) in [4.78, 5) is 24.4. The Labute approximate surface area is 139 Å². The summed E-state index contributed by atoms with van der Waals surface area (Å²) in [6.07, 6.45) is 1.80. The van der Waals surface area contributed by atoms with Crippen molar-refractivity contribution in [2.75, 3.05) is 0 Å². The molecule has 0 bridgehead atoms. The van der Waals surface area contributed by atoms with Crippen molar-refractivity contribution in [3.05, 3.63) is 70.7 Å². The monoisotopic (exact) mass is 324 g/mol. The van der Waals surface area contributed by atoms with Crippen LogP contribution in [0, 0.1) is 0 Å². The highest BCUT2D eigenvalue weighted by Gasteiger charge is 2.16. The molecule has 0 aliphatic heterocycles. The molecule has 2 aromatic carbocycles. The highest BCUT2D eigenvalue weighted by molar-refractivity contribution is 5.79. The van der Waals surface area contributed by atoms with Crippen molar-refractivity contribution < 1.29 is 9.21 Å². The molecule has 0 saturated heterocycles. The number of carbonyl (C=O) groups excluding carboxylic acids is 1. The maximum Gasteiger partial charge on any atom is 0.420 e. The molecule has 1 aromatic heterocycles. The van der Waals surface area contributed by atoms with Crippen LogP contribution in [0.4, 0.5) is 0 Å². The van der Waals surface area contributed by atoms with Crippen LogP contribution < -0.4 is 11.1 Å². The smallest absolute Gasteiger partial charge is 0.408 e. The van der Waals surface area contributed by atoms with Gasteiger partial charge in [0.15, 0.2) is 5.58 Å². The van der Waals surface area contributed by atoms with Gasteiger partial charge in [-0.05, 0) is 24.1 Å². The third-order valence-electron chi connectivity index (χ3n) is 3.99. The Kier molecular flexibility index (Phi) is 4.79. The van der Waals surface area contributed by atoms with Crippen molar-refractivity contribution in [2.45, 2.75) is 32.4 Å². The summed E-state index contributed by atoms with van der Waals surface area (Å²) < 4.78 is 6.52. The second kappa shape index (κ2) is 7.17. The van der Waals surface area contributed by atoms with E-state index >= 15 is 0 Å². The maximum absolute atomic E-state index is 12.5. The van der Waals surface area contributed by atoms with E-state index in [9.17, 15) is 9.59 Å². The van der Waals surface area contributed by atoms with Crippen LogP contribution in [0.5, 0.6) is 0 Å². The molecule has 0 aliphatic carbocycles. The molecule has 0 spiro atoms. The predicted molar refractivity (Wildman–Crippen MR) is 92.7 cm³/mol. The average molecular weight is 324 g/mol. The number of aromatic nitrogens is 1. The first kappa shape index (κ1) is 16.1. The van der Waals surface area contributed by atoms with Crippen LogP contribution in [-0.4, -0.2) is 10.5 Å². The van der Waals surface area contributed by atoms with E-state index in [1.54, 1.807) is 18.2 Å². The number of hydrogen-bond donors (Lipinski definition) is 1. The third kappa shape index (κ3) is 3.40. The van der Waals surface area contributed by atoms with Gasteiger partial charge in [0.1, 0.15) is 6.54 Å². The highest BCUT2D eigenvalue weighted by Crippen LogP contribution is 2.18. The van der Waals surface area contributed by atoms with Gasteiger partial charge in [-0.25, -0.2) is 4.79 Å². The quantitative estimate of drug-likeness (QED) is 0.757. The molecule has 0 saturated carbocycles. The van der Waals surface area contributed by atoms with Crippen molar-refractivity contribution in [2.24, 2.45) is 0 Å². The van der Waals surface area contributed by atoms with Gasteiger partial charge in [-0.1, -0.05) is 55.8 Å². The minimum absolute atomic E-state index is 0.0527. The Morgan fingerprint density at radius 3 is 2.58 bits per heavy atom. The van der Waals surface area contributed by atoms with E-state index in [1.807, 2.05) is 36.4 Å². The van der Waals surface area contributed by atoms with Gasteiger partial charge < -0.3 is 9.73 Å². The fraction of sp³-hybridized carbons (Fsp3) is 0.263. The second-order valence-electron chi connectivity index (χ2n) is 5.74. The third-order valence-corrected chi connectivity index (χ3v) is 3.99. The first-order chi connectivity index (χ1) is 11.7. The zero-order chi connectivity index (χ0) is 16.9. The van der Waals surface area contributed by atoms with Crippen LogP contribution in [0.2, 0.25) is 0 Å². The van der Waals surface area contributed by atoms with E-state index < -0.39 is 5.76 Å². The second-order valence-corrected chi connectivity index (χ2v) is 5.74. The van der Waals surface area contributed by atoms with E-state index in [2.05, 4.69) is 12.2 Å². The number of rotatable bonds is 6. The fourth-order valence-electron chi connectivity index (χ4n) is 2.84. The number of nitrogens with one attached hydrogen (secondary N) is 1. The zero-order valence-electron chi connectivity index (χ0n) is 13.6. The van der Waals surface area contributed by atoms with Crippen LogP contribution in [-0.2, 0) is 11.3 Å². The Bertz CT molecular complexity index is 880. The highest BCUT2D eigenvalue weighted by atomic mass is 16.4. The summed E-state index contributed by atoms with van der Waals surface area (Å²) >= 11 is 0. The van der Waals surface area contributed by atoms with Crippen LogP contribution in [0.3, 0.4) is 0 Å². The number of fused-ring (bicyclic) bond motifs is 1. The Morgan fingerprint density at radius 1 is 1.12 bits per heavy atom. The van der Waals surface area contributed by atoms with E-state index in [0.29, 0.717) is 11.1 Å². The molecule has 1 unspecified atom stereocenters. The molecule has 1 amide bonds. The summed E-state index contributed by atoms with van der Waals surface area (Å²) in [6, 6.07) is 16.9. The summed E-state index contributed by atoms with van der Waals surface area (Å²) in [7, 11) is 0. The number of carbonyl (C=O) groups is 1. The number of hydrogen-bond acceptors (Lipinski definition) is 3. The molecule has 5 heteroatoms. The Morgan fingerprint density at radius 2 is 1.83 bits per heavy atom. The number of para-hydroxylation sites is 2. The number of nitrogens with zero attached hydrogens (tertiary/aromatic N) is 1. The van der Waals surface area contributed by atoms with Crippen molar-refractivity contribution in [1.29, 1.82) is 0 Å². The van der Waals surface area contributed by atoms with E-state index in [1.165, 1.54) is 4.57 Å². The van der Waals surface area contributed by atoms with E-state index in [0.717, 1.165) is 18.4 Å². The molecule has 0 fully saturated rings. The van der Waals surface area contributed by atoms with E-state index in [-0.39, 0.29) is 18.5 Å². The van der Waals surface area contributed by atoms with Gasteiger partial charge in [-0.3, -0.25) is 9.36 Å². The van der Waals surface area contributed by atoms with Crippen molar-refractivity contribution in [3.8, 4) is 0 Å². The zero-order valence-corrected chi connectivity index (χ0v) is 13.6. The molecule has 0 radical (unpaired) electrons. The lowest BCUT2D eigenvalue weighted by atomic mass is 10.0. The molecule has 1 atom stereocenters. The van der Waals surface area contributed by atoms with Crippen LogP contribution in [0.1, 0.15) is 31.4 Å². The summed E-state index contributed by atoms with van der Waals surface area (Å²) in [5.74, 6) is -0.718. The van der Waals surface area contributed by atoms with Gasteiger partial charge in [0.25, 0.3) is 0 Å². The fourth-order valence-corrected chi connectivity index (χ4v) is 2.84. The molecule has 124 valence electrons. The van der Waals surface area contributed by atoms with Gasteiger partial charge >= 0.3 is 5.76 Å². The van der Waals surface area contributed by atoms with E-state index in [4.69, 9.17) is 4.42 Å². The molecule has 24 heavy (non-hydrogen) atoms. The summed E-state index contributed by atoms with van der Waals surface area (Å²) in [5, 5.41) is 3.02. The molecule has 3 rings (SSSR count). The Hall–Kier alpha value is -2.82. The van der Waals surface area contributed by atoms with Crippen LogP contribution in [0.15, 0.2) is 63.8 Å². The molecular weight excluding hydrogens is 304 g/mol. The molecule has 3 aromatic rings. The normalized spacial score (nSPS) is 12.2. The Balaban J connectivity index is 1.78. The van der Waals surface area contributed by atoms with Crippen LogP contribution in [0.25, 0.3) is 11.1 Å². The lowest BCUT2D eigenvalue weighted by Gasteiger charge is -2.18. The summed E-state index contributed by atoms with van der Waals surface area (Å²) in [6.45, 7) is 2.03. The topological polar surface area (TPSA) is 64.2 Å². The molecule has 5 nitrogen and oxygen atoms in total. The van der Waals surface area contributed by atoms with Crippen LogP contribution >= 0.6 is 0 Å². The lowest BCUT2D eigenvalue weighted by Crippen LogP contribution is -2.33. The minimum Gasteiger partial charge on any atom is -0.408 e. The number of oxazole rings is 1. The minimum atomic E-state index is -0.516. The van der Waals surface area contributed by atoms with Crippen molar-refractivity contribution >= 4 is 17.0 Å². The number of amides is 1. The lowest BCUT2D eigenvalue weighted by molar-refractivity contribution is -0.122. The van der Waals surface area contributed by atoms with Crippen molar-refractivity contribution in [1.82, 2.24) is 9.88 Å². The standard InChI is InChI=1S/C19H20N2O3/c1-2-8-15(14-9-4-3-5-10-14)20-18(22)13-21-16-11-6-7-12-17(16)24-19(21)23/h3-7,9-12,15H,2,8,13H2,1H3,(H,20,22). The van der Waals surface area contributed by atoms with Gasteiger partial charge in [-0.15, -0.1) is 0 Å². The SMILES string of the molecule is CCCC(NC(=O)Cn1c(=O)oc2ccccc21)c1ccccc1. The van der Waals surface area contributed by atoms with Gasteiger partial charge in [-0.2, -0.15) is 0 Å². The number of benzene rings is 2. The first-order valence-electron chi connectivity index (χ1n) is 8.11.